The first-order valence-corrected chi connectivity index (χ1v) is 9.37. The maximum atomic E-state index is 11.3. The lowest BCUT2D eigenvalue weighted by molar-refractivity contribution is 0.178. The molecule has 0 bridgehead atoms. The molecular formula is C19H15BrN4O4. The molecule has 1 atom stereocenters. The number of fused-ring (bicyclic) bond motifs is 2. The summed E-state index contributed by atoms with van der Waals surface area (Å²) in [5.74, 6) is 0.780. The van der Waals surface area contributed by atoms with E-state index in [1.165, 1.54) is 7.11 Å². The topological polar surface area (TPSA) is 110 Å². The first kappa shape index (κ1) is 18.3. The molecule has 1 N–H and O–H groups in total. The summed E-state index contributed by atoms with van der Waals surface area (Å²) in [6.45, 7) is 0. The molecule has 0 saturated carbocycles. The third-order valence-electron chi connectivity index (χ3n) is 4.70. The van der Waals surface area contributed by atoms with Crippen molar-refractivity contribution >= 4 is 32.9 Å². The van der Waals surface area contributed by atoms with Crippen LogP contribution in [-0.2, 0) is 6.42 Å². The first-order valence-electron chi connectivity index (χ1n) is 8.58. The second-order valence-corrected chi connectivity index (χ2v) is 7.12. The van der Waals surface area contributed by atoms with Crippen molar-refractivity contribution in [3.8, 4) is 17.7 Å². The zero-order chi connectivity index (χ0) is 19.8. The molecule has 4 rings (SSSR count). The number of methoxy groups -OCH3 is 1. The van der Waals surface area contributed by atoms with Gasteiger partial charge in [-0.15, -0.1) is 5.10 Å². The summed E-state index contributed by atoms with van der Waals surface area (Å²) >= 11 is 3.34. The second kappa shape index (κ2) is 7.13. The number of benzene rings is 1. The molecule has 142 valence electrons. The molecule has 28 heavy (non-hydrogen) atoms. The lowest BCUT2D eigenvalue weighted by Gasteiger charge is -2.25. The number of hydrogen-bond acceptors (Lipinski definition) is 6. The first-order chi connectivity index (χ1) is 13.5. The average Bonchev–Trinajstić information content (AvgIpc) is 3.06. The fraction of sp³-hybridized carbons (Fsp3) is 0.263. The van der Waals surface area contributed by atoms with E-state index in [9.17, 15) is 15.2 Å². The van der Waals surface area contributed by atoms with Crippen LogP contribution in [-0.4, -0.2) is 33.1 Å². The van der Waals surface area contributed by atoms with Gasteiger partial charge in [0.1, 0.15) is 22.5 Å². The van der Waals surface area contributed by atoms with Gasteiger partial charge in [0.05, 0.1) is 29.3 Å². The van der Waals surface area contributed by atoms with Gasteiger partial charge in [-0.2, -0.15) is 9.94 Å². The minimum Gasteiger partial charge on any atom is -0.484 e. The molecule has 2 heterocycles. The van der Waals surface area contributed by atoms with Crippen molar-refractivity contribution in [1.82, 2.24) is 14.8 Å². The van der Waals surface area contributed by atoms with E-state index in [2.05, 4.69) is 32.1 Å². The van der Waals surface area contributed by atoms with Crippen LogP contribution in [0, 0.1) is 11.3 Å². The van der Waals surface area contributed by atoms with E-state index in [1.54, 1.807) is 18.2 Å². The van der Waals surface area contributed by atoms with E-state index in [1.807, 2.05) is 6.07 Å². The molecule has 0 spiro atoms. The Labute approximate surface area is 168 Å². The smallest absolute Gasteiger partial charge is 0.432 e. The standard InChI is InChI=1S/C19H15BrN4O4/c1-27-18-13-8-12(5-6-14(13)24(23-18)19(25)26)28-15-4-2-3-10-7-11(9-21)17(20)22-16(10)15/h5-8,15H,2-4H2,1H3,(H,25,26)/t15-/m0/s1. The van der Waals surface area contributed by atoms with Gasteiger partial charge in [0.2, 0.25) is 5.88 Å². The quantitative estimate of drug-likeness (QED) is 0.608. The van der Waals surface area contributed by atoms with Crippen LogP contribution in [0.4, 0.5) is 4.79 Å². The molecule has 3 aromatic rings. The van der Waals surface area contributed by atoms with Gasteiger partial charge in [-0.1, -0.05) is 0 Å². The monoisotopic (exact) mass is 442 g/mol. The van der Waals surface area contributed by atoms with E-state index < -0.39 is 6.09 Å². The largest absolute Gasteiger partial charge is 0.484 e. The van der Waals surface area contributed by atoms with Crippen molar-refractivity contribution in [3.63, 3.8) is 0 Å². The minimum atomic E-state index is -1.19. The van der Waals surface area contributed by atoms with E-state index in [4.69, 9.17) is 9.47 Å². The number of ether oxygens (including phenoxy) is 2. The van der Waals surface area contributed by atoms with Crippen LogP contribution in [0.15, 0.2) is 28.9 Å². The third kappa shape index (κ3) is 3.05. The summed E-state index contributed by atoms with van der Waals surface area (Å²) in [6, 6.07) is 9.04. The average molecular weight is 443 g/mol. The Morgan fingerprint density at radius 1 is 1.43 bits per heavy atom. The number of hydrogen-bond donors (Lipinski definition) is 1. The van der Waals surface area contributed by atoms with E-state index >= 15 is 0 Å². The Balaban J connectivity index is 1.71. The molecule has 1 aromatic carbocycles. The summed E-state index contributed by atoms with van der Waals surface area (Å²) in [4.78, 5) is 15.9. The van der Waals surface area contributed by atoms with Crippen LogP contribution in [0.25, 0.3) is 10.9 Å². The molecule has 9 heteroatoms. The summed E-state index contributed by atoms with van der Waals surface area (Å²) in [7, 11) is 1.44. The number of halogens is 1. The molecule has 8 nitrogen and oxygen atoms in total. The number of pyridine rings is 1. The van der Waals surface area contributed by atoms with Crippen molar-refractivity contribution < 1.29 is 19.4 Å². The SMILES string of the molecule is COc1nn(C(=O)O)c2ccc(O[C@H]3CCCc4cc(C#N)c(Br)nc43)cc12. The number of aromatic nitrogens is 3. The molecule has 0 aliphatic heterocycles. The van der Waals surface area contributed by atoms with Gasteiger partial charge in [-0.25, -0.2) is 9.78 Å². The van der Waals surface area contributed by atoms with E-state index in [0.29, 0.717) is 26.8 Å². The van der Waals surface area contributed by atoms with Crippen LogP contribution < -0.4 is 9.47 Å². The van der Waals surface area contributed by atoms with Crippen LogP contribution in [0.2, 0.25) is 0 Å². The fourth-order valence-corrected chi connectivity index (χ4v) is 3.83. The van der Waals surface area contributed by atoms with Crippen LogP contribution in [0.5, 0.6) is 11.6 Å². The van der Waals surface area contributed by atoms with Crippen LogP contribution >= 0.6 is 15.9 Å². The minimum absolute atomic E-state index is 0.214. The summed E-state index contributed by atoms with van der Waals surface area (Å²) in [5.41, 5.74) is 2.74. The number of aryl methyl sites for hydroxylation is 1. The molecule has 0 radical (unpaired) electrons. The zero-order valence-corrected chi connectivity index (χ0v) is 16.4. The van der Waals surface area contributed by atoms with Gasteiger partial charge < -0.3 is 14.6 Å². The Morgan fingerprint density at radius 2 is 2.25 bits per heavy atom. The second-order valence-electron chi connectivity index (χ2n) is 6.36. The van der Waals surface area contributed by atoms with E-state index in [-0.39, 0.29) is 12.0 Å². The van der Waals surface area contributed by atoms with Crippen molar-refractivity contribution in [2.24, 2.45) is 0 Å². The van der Waals surface area contributed by atoms with Gasteiger partial charge >= 0.3 is 6.09 Å². The predicted molar refractivity (Wildman–Crippen MR) is 103 cm³/mol. The third-order valence-corrected chi connectivity index (χ3v) is 5.30. The Kier molecular flexibility index (Phi) is 4.65. The predicted octanol–water partition coefficient (Wildman–Crippen LogP) is 4.06. The molecule has 0 fully saturated rings. The van der Waals surface area contributed by atoms with Gasteiger partial charge in [0.25, 0.3) is 0 Å². The molecular weight excluding hydrogens is 428 g/mol. The highest BCUT2D eigenvalue weighted by atomic mass is 79.9. The highest BCUT2D eigenvalue weighted by Gasteiger charge is 2.26. The van der Waals surface area contributed by atoms with Crippen LogP contribution in [0.1, 0.15) is 35.8 Å². The Morgan fingerprint density at radius 3 is 2.96 bits per heavy atom. The van der Waals surface area contributed by atoms with Crippen molar-refractivity contribution in [2.45, 2.75) is 25.4 Å². The highest BCUT2D eigenvalue weighted by Crippen LogP contribution is 2.36. The molecule has 0 unspecified atom stereocenters. The lowest BCUT2D eigenvalue weighted by Crippen LogP contribution is -2.18. The number of nitriles is 1. The number of rotatable bonds is 3. The Bertz CT molecular complexity index is 1140. The lowest BCUT2D eigenvalue weighted by atomic mass is 9.93. The van der Waals surface area contributed by atoms with E-state index in [0.717, 1.165) is 35.2 Å². The van der Waals surface area contributed by atoms with Gasteiger partial charge in [0, 0.05) is 0 Å². The van der Waals surface area contributed by atoms with Crippen molar-refractivity contribution in [1.29, 1.82) is 5.26 Å². The molecule has 2 aromatic heterocycles. The summed E-state index contributed by atoms with van der Waals surface area (Å²) in [5, 5.41) is 23.0. The Hall–Kier alpha value is -3.12. The number of nitrogens with zero attached hydrogens (tertiary/aromatic N) is 4. The molecule has 1 aliphatic rings. The maximum Gasteiger partial charge on any atom is 0.432 e. The number of carbonyl (C=O) groups is 1. The van der Waals surface area contributed by atoms with Crippen molar-refractivity contribution in [2.75, 3.05) is 7.11 Å². The molecule has 0 amide bonds. The molecule has 0 saturated heterocycles. The normalized spacial score (nSPS) is 15.7. The number of carboxylic acid groups (broad SMARTS) is 1. The highest BCUT2D eigenvalue weighted by molar-refractivity contribution is 9.10. The van der Waals surface area contributed by atoms with Gasteiger partial charge in [-0.3, -0.25) is 0 Å². The fourth-order valence-electron chi connectivity index (χ4n) is 3.44. The maximum absolute atomic E-state index is 11.3. The summed E-state index contributed by atoms with van der Waals surface area (Å²) < 4.78 is 12.8. The van der Waals surface area contributed by atoms with Gasteiger partial charge in [0.15, 0.2) is 0 Å². The zero-order valence-electron chi connectivity index (χ0n) is 14.8. The van der Waals surface area contributed by atoms with Crippen molar-refractivity contribution in [3.05, 3.63) is 45.7 Å². The molecule has 1 aliphatic carbocycles. The van der Waals surface area contributed by atoms with Gasteiger partial charge in [-0.05, 0) is 65.0 Å². The summed E-state index contributed by atoms with van der Waals surface area (Å²) in [6.07, 6.45) is 1.12. The van der Waals surface area contributed by atoms with Crippen LogP contribution in [0.3, 0.4) is 0 Å².